The first kappa shape index (κ1) is 25.9. The number of urea groups is 1. The minimum atomic E-state index is -1.10. The Balaban J connectivity index is 1.33. The second-order valence-electron chi connectivity index (χ2n) is 8.82. The largest absolute Gasteiger partial charge is 0.326 e. The minimum absolute atomic E-state index is 0.109. The van der Waals surface area contributed by atoms with Gasteiger partial charge in [-0.25, -0.2) is 23.5 Å². The maximum atomic E-state index is 13.9. The molecule has 8 nitrogen and oxygen atoms in total. The lowest BCUT2D eigenvalue weighted by Crippen LogP contribution is -2.51. The van der Waals surface area contributed by atoms with Crippen LogP contribution in [0.25, 0.3) is 10.2 Å². The summed E-state index contributed by atoms with van der Waals surface area (Å²) in [5, 5.41) is 3.58. The first-order valence-corrected chi connectivity index (χ1v) is 13.4. The molecular weight excluding hydrogens is 530 g/mol. The number of benzene rings is 2. The molecule has 1 unspecified atom stereocenters. The van der Waals surface area contributed by atoms with Crippen molar-refractivity contribution >= 4 is 57.1 Å². The van der Waals surface area contributed by atoms with Gasteiger partial charge in [-0.1, -0.05) is 6.07 Å². The highest BCUT2D eigenvalue weighted by Crippen LogP contribution is 2.29. The molecule has 0 radical (unpaired) electrons. The Kier molecular flexibility index (Phi) is 7.43. The smallest absolute Gasteiger partial charge is 0.325 e. The lowest BCUT2D eigenvalue weighted by molar-refractivity contribution is -0.120. The zero-order valence-electron chi connectivity index (χ0n) is 20.6. The van der Waals surface area contributed by atoms with Gasteiger partial charge in [-0.3, -0.25) is 13.8 Å². The van der Waals surface area contributed by atoms with Gasteiger partial charge in [0.2, 0.25) is 5.91 Å². The summed E-state index contributed by atoms with van der Waals surface area (Å²) in [5.41, 5.74) is 2.66. The number of nitrogens with zero attached hydrogens (tertiary/aromatic N) is 4. The first-order chi connectivity index (χ1) is 18.3. The third-order valence-electron chi connectivity index (χ3n) is 6.10. The van der Waals surface area contributed by atoms with E-state index in [0.717, 1.165) is 63.4 Å². The molecule has 0 fully saturated rings. The fourth-order valence-corrected chi connectivity index (χ4v) is 5.81. The fraction of sp³-hybridized carbons (Fsp3) is 0.231. The highest BCUT2D eigenvalue weighted by atomic mass is 32.2. The number of pyridine rings is 1. The van der Waals surface area contributed by atoms with Crippen LogP contribution in [-0.2, 0) is 17.6 Å². The van der Waals surface area contributed by atoms with Gasteiger partial charge in [0.05, 0.1) is 27.4 Å². The molecule has 0 spiro atoms. The van der Waals surface area contributed by atoms with E-state index in [2.05, 4.69) is 20.0 Å². The van der Waals surface area contributed by atoms with E-state index in [1.54, 1.807) is 36.7 Å². The number of carbonyl (C=O) groups is 2. The standard InChI is InChI=1S/C26H24F2N6O2S2/c1-15-30-21-14-20(5-6-23(21)37-15)33(2)25(35)22(12-16-10-18(27)13-19(28)11-16)31-26(36)32-38-34-9-7-17-4-3-8-29-24(17)34/h3-6,8,10-11,13-14,22H,7,9,12H2,1-2H3,(H2,31,32,36). The van der Waals surface area contributed by atoms with Gasteiger partial charge in [0, 0.05) is 38.0 Å². The Morgan fingerprint density at radius 1 is 1.18 bits per heavy atom. The number of rotatable bonds is 7. The Labute approximate surface area is 226 Å². The molecule has 4 aromatic rings. The van der Waals surface area contributed by atoms with Crippen LogP contribution in [0.1, 0.15) is 16.1 Å². The molecule has 0 aliphatic carbocycles. The molecule has 38 heavy (non-hydrogen) atoms. The van der Waals surface area contributed by atoms with Crippen LogP contribution >= 0.6 is 23.5 Å². The van der Waals surface area contributed by atoms with E-state index >= 15 is 0 Å². The SMILES string of the molecule is Cc1nc2cc(N(C)C(=O)C(Cc3cc(F)cc(F)c3)NC(=O)NSN3CCc4cccnc43)ccc2s1. The zero-order valence-corrected chi connectivity index (χ0v) is 22.2. The van der Waals surface area contributed by atoms with E-state index in [1.165, 1.54) is 4.90 Å². The molecule has 1 aliphatic heterocycles. The van der Waals surface area contributed by atoms with Crippen molar-refractivity contribution in [3.8, 4) is 0 Å². The summed E-state index contributed by atoms with van der Waals surface area (Å²) in [6.45, 7) is 2.58. The Morgan fingerprint density at radius 2 is 1.97 bits per heavy atom. The van der Waals surface area contributed by atoms with Gasteiger partial charge >= 0.3 is 6.03 Å². The van der Waals surface area contributed by atoms with E-state index in [1.807, 2.05) is 29.4 Å². The predicted molar refractivity (Wildman–Crippen MR) is 146 cm³/mol. The van der Waals surface area contributed by atoms with E-state index in [0.29, 0.717) is 12.2 Å². The number of hydrogen-bond acceptors (Lipinski definition) is 7. The lowest BCUT2D eigenvalue weighted by Gasteiger charge is -2.25. The zero-order chi connectivity index (χ0) is 26.8. The number of halogens is 2. The highest BCUT2D eigenvalue weighted by molar-refractivity contribution is 7.99. The van der Waals surface area contributed by atoms with Crippen molar-refractivity contribution in [1.29, 1.82) is 0 Å². The molecule has 1 aliphatic rings. The third kappa shape index (κ3) is 5.70. The molecule has 3 heterocycles. The Hall–Kier alpha value is -3.77. The van der Waals surface area contributed by atoms with Crippen molar-refractivity contribution in [2.75, 3.05) is 22.8 Å². The number of fused-ring (bicyclic) bond motifs is 2. The number of amides is 3. The molecule has 12 heteroatoms. The maximum absolute atomic E-state index is 13.9. The summed E-state index contributed by atoms with van der Waals surface area (Å²) >= 11 is 2.62. The van der Waals surface area contributed by atoms with Gasteiger partial charge in [-0.2, -0.15) is 0 Å². The van der Waals surface area contributed by atoms with Crippen LogP contribution in [0.15, 0.2) is 54.7 Å². The highest BCUT2D eigenvalue weighted by Gasteiger charge is 2.27. The van der Waals surface area contributed by atoms with Crippen LogP contribution in [0.4, 0.5) is 25.1 Å². The van der Waals surface area contributed by atoms with Gasteiger partial charge in [-0.05, 0) is 60.9 Å². The first-order valence-electron chi connectivity index (χ1n) is 11.8. The minimum Gasteiger partial charge on any atom is -0.325 e. The number of anilines is 2. The topological polar surface area (TPSA) is 90.5 Å². The molecule has 0 saturated heterocycles. The van der Waals surface area contributed by atoms with E-state index in [9.17, 15) is 18.4 Å². The summed E-state index contributed by atoms with van der Waals surface area (Å²) in [5.74, 6) is -1.20. The molecular formula is C26H24F2N6O2S2. The molecule has 3 amide bonds. The van der Waals surface area contributed by atoms with Crippen molar-refractivity contribution in [2.24, 2.45) is 0 Å². The van der Waals surface area contributed by atoms with Crippen molar-refractivity contribution in [2.45, 2.75) is 25.8 Å². The van der Waals surface area contributed by atoms with E-state index in [4.69, 9.17) is 0 Å². The fourth-order valence-electron chi connectivity index (χ4n) is 4.32. The average molecular weight is 555 g/mol. The van der Waals surface area contributed by atoms with Crippen molar-refractivity contribution in [3.05, 3.63) is 82.5 Å². The monoisotopic (exact) mass is 554 g/mol. The van der Waals surface area contributed by atoms with Gasteiger partial charge in [0.15, 0.2) is 0 Å². The van der Waals surface area contributed by atoms with Crippen LogP contribution in [0, 0.1) is 18.6 Å². The molecule has 2 N–H and O–H groups in total. The van der Waals surface area contributed by atoms with Crippen LogP contribution in [-0.4, -0.2) is 41.5 Å². The molecule has 1 atom stereocenters. The normalized spacial score (nSPS) is 13.3. The molecule has 196 valence electrons. The van der Waals surface area contributed by atoms with Crippen LogP contribution in [0.5, 0.6) is 0 Å². The number of aryl methyl sites for hydroxylation is 1. The molecule has 2 aromatic carbocycles. The summed E-state index contributed by atoms with van der Waals surface area (Å²) in [6.07, 6.45) is 2.38. The van der Waals surface area contributed by atoms with Crippen molar-refractivity contribution in [3.63, 3.8) is 0 Å². The van der Waals surface area contributed by atoms with Crippen LogP contribution in [0.3, 0.4) is 0 Å². The molecule has 2 aromatic heterocycles. The van der Waals surface area contributed by atoms with E-state index < -0.39 is 29.6 Å². The number of nitrogens with one attached hydrogen (secondary N) is 2. The molecule has 5 rings (SSSR count). The second-order valence-corrected chi connectivity index (χ2v) is 10.9. The van der Waals surface area contributed by atoms with Crippen LogP contribution < -0.4 is 19.2 Å². The summed E-state index contributed by atoms with van der Waals surface area (Å²) < 4.78 is 33.3. The van der Waals surface area contributed by atoms with Gasteiger partial charge in [0.25, 0.3) is 0 Å². The number of thiazole rings is 1. The third-order valence-corrected chi connectivity index (χ3v) is 7.90. The Bertz CT molecular complexity index is 1490. The summed E-state index contributed by atoms with van der Waals surface area (Å²) in [4.78, 5) is 36.7. The van der Waals surface area contributed by atoms with Crippen LogP contribution in [0.2, 0.25) is 0 Å². The Morgan fingerprint density at radius 3 is 2.76 bits per heavy atom. The molecule has 0 saturated carbocycles. The van der Waals surface area contributed by atoms with Crippen molar-refractivity contribution in [1.82, 2.24) is 20.0 Å². The average Bonchev–Trinajstić information content (AvgIpc) is 3.47. The quantitative estimate of drug-likeness (QED) is 0.320. The number of carbonyl (C=O) groups excluding carboxylic acids is 2. The van der Waals surface area contributed by atoms with Gasteiger partial charge < -0.3 is 10.2 Å². The van der Waals surface area contributed by atoms with E-state index in [-0.39, 0.29) is 12.0 Å². The lowest BCUT2D eigenvalue weighted by atomic mass is 10.0. The van der Waals surface area contributed by atoms with Gasteiger partial charge in [-0.15, -0.1) is 11.3 Å². The van der Waals surface area contributed by atoms with Gasteiger partial charge in [0.1, 0.15) is 23.5 Å². The number of aromatic nitrogens is 2. The maximum Gasteiger partial charge on any atom is 0.326 e. The number of hydrogen-bond donors (Lipinski definition) is 2. The summed E-state index contributed by atoms with van der Waals surface area (Å²) in [7, 11) is 1.59. The van der Waals surface area contributed by atoms with Crippen molar-refractivity contribution < 1.29 is 18.4 Å². The second kappa shape index (κ2) is 10.9. The molecule has 0 bridgehead atoms. The predicted octanol–water partition coefficient (Wildman–Crippen LogP) is 4.78. The summed E-state index contributed by atoms with van der Waals surface area (Å²) in [6, 6.07) is 10.7. The number of likely N-dealkylation sites (N-methyl/N-ethyl adjacent to an activating group) is 1.